The van der Waals surface area contributed by atoms with E-state index in [2.05, 4.69) is 5.32 Å². The van der Waals surface area contributed by atoms with Gasteiger partial charge in [-0.25, -0.2) is 8.42 Å². The van der Waals surface area contributed by atoms with E-state index in [0.29, 0.717) is 13.1 Å². The van der Waals surface area contributed by atoms with E-state index in [0.717, 1.165) is 19.4 Å². The topological polar surface area (TPSA) is 102 Å². The molecular formula is C15H23N3O4S. The third-order valence-corrected chi connectivity index (χ3v) is 5.91. The molecule has 2 rings (SSSR count). The average molecular weight is 341 g/mol. The van der Waals surface area contributed by atoms with Crippen molar-refractivity contribution in [3.05, 3.63) is 23.8 Å². The number of rotatable bonds is 6. The number of nitrogens with one attached hydrogen (secondary N) is 1. The summed E-state index contributed by atoms with van der Waals surface area (Å²) in [5.74, 6) is -0.161. The van der Waals surface area contributed by atoms with Crippen molar-refractivity contribution in [1.29, 1.82) is 0 Å². The van der Waals surface area contributed by atoms with Crippen molar-refractivity contribution in [3.8, 4) is 5.75 Å². The van der Waals surface area contributed by atoms with Crippen molar-refractivity contribution in [2.24, 2.45) is 11.7 Å². The highest BCUT2D eigenvalue weighted by atomic mass is 32.2. The summed E-state index contributed by atoms with van der Waals surface area (Å²) in [5, 5.41) is 3.09. The fourth-order valence-corrected chi connectivity index (χ4v) is 4.47. The van der Waals surface area contributed by atoms with Gasteiger partial charge in [0, 0.05) is 13.1 Å². The normalized spacial score (nSPS) is 19.5. The standard InChI is InChI=1S/C15H23N3O4S/c1-17-9-11-4-3-7-18(10-11)23(20,21)12-5-6-14(22-2)13(8-12)15(16)19/h5-6,8,11,17H,3-4,7,9-10H2,1-2H3,(H2,16,19). The van der Waals surface area contributed by atoms with Crippen LogP contribution in [0.25, 0.3) is 0 Å². The smallest absolute Gasteiger partial charge is 0.252 e. The van der Waals surface area contributed by atoms with Gasteiger partial charge in [-0.15, -0.1) is 0 Å². The summed E-state index contributed by atoms with van der Waals surface area (Å²) in [4.78, 5) is 11.6. The summed E-state index contributed by atoms with van der Waals surface area (Å²) >= 11 is 0. The monoisotopic (exact) mass is 341 g/mol. The molecule has 0 spiro atoms. The van der Waals surface area contributed by atoms with Crippen LogP contribution in [0.15, 0.2) is 23.1 Å². The second kappa shape index (κ2) is 7.29. The molecule has 3 N–H and O–H groups in total. The molecule has 1 heterocycles. The molecule has 1 aliphatic heterocycles. The third-order valence-electron chi connectivity index (χ3n) is 4.05. The Labute approximate surface area is 136 Å². The van der Waals surface area contributed by atoms with Gasteiger partial charge in [0.1, 0.15) is 5.75 Å². The molecule has 0 radical (unpaired) electrons. The molecule has 23 heavy (non-hydrogen) atoms. The molecule has 1 atom stereocenters. The summed E-state index contributed by atoms with van der Waals surface area (Å²) in [6.07, 6.45) is 1.83. The fourth-order valence-electron chi connectivity index (χ4n) is 2.89. The van der Waals surface area contributed by atoms with Gasteiger partial charge in [-0.2, -0.15) is 4.31 Å². The molecule has 1 aromatic carbocycles. The molecule has 1 saturated heterocycles. The lowest BCUT2D eigenvalue weighted by molar-refractivity contribution is 0.0997. The summed E-state index contributed by atoms with van der Waals surface area (Å²) in [5.41, 5.74) is 5.37. The van der Waals surface area contributed by atoms with E-state index in [4.69, 9.17) is 10.5 Å². The molecule has 1 fully saturated rings. The Morgan fingerprint density at radius 2 is 2.22 bits per heavy atom. The van der Waals surface area contributed by atoms with Gasteiger partial charge in [0.15, 0.2) is 0 Å². The number of amides is 1. The van der Waals surface area contributed by atoms with Crippen LogP contribution >= 0.6 is 0 Å². The Balaban J connectivity index is 2.32. The van der Waals surface area contributed by atoms with Crippen LogP contribution in [0.5, 0.6) is 5.75 Å². The highest BCUT2D eigenvalue weighted by Crippen LogP contribution is 2.27. The zero-order chi connectivity index (χ0) is 17.0. The Morgan fingerprint density at radius 3 is 2.83 bits per heavy atom. The number of hydrogen-bond acceptors (Lipinski definition) is 5. The van der Waals surface area contributed by atoms with Crippen LogP contribution in [0.3, 0.4) is 0 Å². The molecule has 0 bridgehead atoms. The minimum Gasteiger partial charge on any atom is -0.496 e. The molecule has 1 aliphatic rings. The van der Waals surface area contributed by atoms with Gasteiger partial charge in [0.25, 0.3) is 5.91 Å². The molecule has 0 saturated carbocycles. The number of hydrogen-bond donors (Lipinski definition) is 2. The number of carbonyl (C=O) groups is 1. The Kier molecular flexibility index (Phi) is 5.61. The first-order chi connectivity index (χ1) is 10.9. The highest BCUT2D eigenvalue weighted by Gasteiger charge is 2.30. The molecular weight excluding hydrogens is 318 g/mol. The first-order valence-electron chi connectivity index (χ1n) is 7.52. The zero-order valence-electron chi connectivity index (χ0n) is 13.4. The second-order valence-electron chi connectivity index (χ2n) is 5.66. The zero-order valence-corrected chi connectivity index (χ0v) is 14.2. The Bertz CT molecular complexity index is 673. The van der Waals surface area contributed by atoms with Crippen LogP contribution < -0.4 is 15.8 Å². The van der Waals surface area contributed by atoms with Gasteiger partial charge in [0.05, 0.1) is 17.6 Å². The lowest BCUT2D eigenvalue weighted by Gasteiger charge is -2.32. The lowest BCUT2D eigenvalue weighted by atomic mass is 10.00. The van der Waals surface area contributed by atoms with E-state index in [9.17, 15) is 13.2 Å². The van der Waals surface area contributed by atoms with E-state index >= 15 is 0 Å². The maximum Gasteiger partial charge on any atom is 0.252 e. The number of piperidine rings is 1. The van der Waals surface area contributed by atoms with Crippen molar-refractivity contribution >= 4 is 15.9 Å². The van der Waals surface area contributed by atoms with Gasteiger partial charge < -0.3 is 15.8 Å². The van der Waals surface area contributed by atoms with Crippen LogP contribution in [0.4, 0.5) is 0 Å². The third kappa shape index (κ3) is 3.82. The second-order valence-corrected chi connectivity index (χ2v) is 7.59. The van der Waals surface area contributed by atoms with E-state index < -0.39 is 15.9 Å². The molecule has 1 aromatic rings. The number of sulfonamides is 1. The lowest BCUT2D eigenvalue weighted by Crippen LogP contribution is -2.42. The average Bonchev–Trinajstić information content (AvgIpc) is 2.54. The quantitative estimate of drug-likeness (QED) is 0.780. The van der Waals surface area contributed by atoms with E-state index in [1.165, 1.54) is 29.6 Å². The highest BCUT2D eigenvalue weighted by molar-refractivity contribution is 7.89. The van der Waals surface area contributed by atoms with Crippen molar-refractivity contribution in [2.75, 3.05) is 33.8 Å². The van der Waals surface area contributed by atoms with Gasteiger partial charge in [0.2, 0.25) is 10.0 Å². The van der Waals surface area contributed by atoms with Crippen LogP contribution in [-0.2, 0) is 10.0 Å². The molecule has 0 aliphatic carbocycles. The maximum absolute atomic E-state index is 12.8. The predicted octanol–water partition coefficient (Wildman–Crippen LogP) is 0.414. The van der Waals surface area contributed by atoms with Gasteiger partial charge in [-0.05, 0) is 50.6 Å². The van der Waals surface area contributed by atoms with Crippen molar-refractivity contribution in [3.63, 3.8) is 0 Å². The molecule has 7 nitrogen and oxygen atoms in total. The summed E-state index contributed by atoms with van der Waals surface area (Å²) in [6, 6.07) is 4.20. The molecule has 1 amide bonds. The molecule has 0 aromatic heterocycles. The number of nitrogens with two attached hydrogens (primary N) is 1. The molecule has 8 heteroatoms. The molecule has 128 valence electrons. The van der Waals surface area contributed by atoms with E-state index in [1.54, 1.807) is 0 Å². The van der Waals surface area contributed by atoms with Crippen LogP contribution in [0.2, 0.25) is 0 Å². The van der Waals surface area contributed by atoms with Gasteiger partial charge in [-0.3, -0.25) is 4.79 Å². The van der Waals surface area contributed by atoms with E-state index in [-0.39, 0.29) is 22.1 Å². The Hall–Kier alpha value is -1.64. The number of carbonyl (C=O) groups excluding carboxylic acids is 1. The Morgan fingerprint density at radius 1 is 1.48 bits per heavy atom. The van der Waals surface area contributed by atoms with Crippen molar-refractivity contribution < 1.29 is 17.9 Å². The first-order valence-corrected chi connectivity index (χ1v) is 8.96. The SMILES string of the molecule is CNCC1CCCN(S(=O)(=O)c2ccc(OC)c(C(N)=O)c2)C1. The largest absolute Gasteiger partial charge is 0.496 e. The molecule has 1 unspecified atom stereocenters. The summed E-state index contributed by atoms with van der Waals surface area (Å²) in [6.45, 7) is 1.74. The van der Waals surface area contributed by atoms with Crippen LogP contribution in [0, 0.1) is 5.92 Å². The minimum absolute atomic E-state index is 0.0669. The van der Waals surface area contributed by atoms with Gasteiger partial charge in [-0.1, -0.05) is 0 Å². The number of nitrogens with zero attached hydrogens (tertiary/aromatic N) is 1. The summed E-state index contributed by atoms with van der Waals surface area (Å²) in [7, 11) is -0.389. The summed E-state index contributed by atoms with van der Waals surface area (Å²) < 4.78 is 32.2. The van der Waals surface area contributed by atoms with Crippen molar-refractivity contribution in [1.82, 2.24) is 9.62 Å². The van der Waals surface area contributed by atoms with Crippen LogP contribution in [-0.4, -0.2) is 52.4 Å². The fraction of sp³-hybridized carbons (Fsp3) is 0.533. The number of methoxy groups -OCH3 is 1. The number of primary amides is 1. The number of benzene rings is 1. The minimum atomic E-state index is -3.65. The van der Waals surface area contributed by atoms with Crippen LogP contribution in [0.1, 0.15) is 23.2 Å². The van der Waals surface area contributed by atoms with Gasteiger partial charge >= 0.3 is 0 Å². The maximum atomic E-state index is 12.8. The first kappa shape index (κ1) is 17.7. The van der Waals surface area contributed by atoms with E-state index in [1.807, 2.05) is 7.05 Å². The predicted molar refractivity (Wildman–Crippen MR) is 86.9 cm³/mol. The number of ether oxygens (including phenoxy) is 1. The van der Waals surface area contributed by atoms with Crippen molar-refractivity contribution in [2.45, 2.75) is 17.7 Å².